The summed E-state index contributed by atoms with van der Waals surface area (Å²) in [5.41, 5.74) is 18.0. The minimum atomic E-state index is -1.80. The van der Waals surface area contributed by atoms with Gasteiger partial charge >= 0.3 is 11.9 Å². The fourth-order valence-corrected chi connectivity index (χ4v) is 11.7. The number of phenols is 2. The molecule has 2 heterocycles. The van der Waals surface area contributed by atoms with Gasteiger partial charge < -0.3 is 127 Å². The van der Waals surface area contributed by atoms with E-state index < -0.39 is 223 Å². The molecule has 28 N–H and O–H groups in total. The number of aromatic amines is 2. The van der Waals surface area contributed by atoms with Gasteiger partial charge in [0.2, 0.25) is 82.7 Å². The number of carboxylic acids is 2. The molecule has 4 rings (SSSR count). The van der Waals surface area contributed by atoms with Gasteiger partial charge in [-0.3, -0.25) is 82.1 Å². The van der Waals surface area contributed by atoms with Gasteiger partial charge in [0.1, 0.15) is 84.5 Å². The van der Waals surface area contributed by atoms with Gasteiger partial charge in [0.15, 0.2) is 5.96 Å². The molecule has 0 bridgehead atoms. The predicted molar refractivity (Wildman–Crippen MR) is 421 cm³/mol. The molecule has 2 aromatic heterocycles. The highest BCUT2D eigenvalue weighted by molar-refractivity contribution is 6.00. The summed E-state index contributed by atoms with van der Waals surface area (Å²) < 4.78 is 0. The fraction of sp³-hybridized carbons (Fsp3) is 0.533. The lowest BCUT2D eigenvalue weighted by molar-refractivity contribution is -0.139. The molecule has 0 unspecified atom stereocenters. The van der Waals surface area contributed by atoms with Crippen molar-refractivity contribution in [3.8, 4) is 11.5 Å². The van der Waals surface area contributed by atoms with Crippen molar-refractivity contribution in [1.29, 1.82) is 5.41 Å². The van der Waals surface area contributed by atoms with Gasteiger partial charge in [0.05, 0.1) is 43.2 Å². The lowest BCUT2D eigenvalue weighted by Gasteiger charge is -2.31. The van der Waals surface area contributed by atoms with E-state index in [9.17, 15) is 102 Å². The zero-order valence-electron chi connectivity index (χ0n) is 66.9. The molecule has 0 saturated heterocycles. The van der Waals surface area contributed by atoms with Crippen LogP contribution in [0, 0.1) is 29.1 Å². The second-order valence-electron chi connectivity index (χ2n) is 29.3. The average molecular weight is 1660 g/mol. The van der Waals surface area contributed by atoms with Gasteiger partial charge in [-0.15, -0.1) is 0 Å². The minimum Gasteiger partial charge on any atom is -0.508 e. The summed E-state index contributed by atoms with van der Waals surface area (Å²) in [5.74, 6) is -19.5. The molecule has 648 valence electrons. The Bertz CT molecular complexity index is 4050. The number of guanidine groups is 1. The van der Waals surface area contributed by atoms with Gasteiger partial charge in [0, 0.05) is 57.5 Å². The minimum absolute atomic E-state index is 0.00957. The number of carbonyl (C=O) groups is 16. The zero-order valence-corrected chi connectivity index (χ0v) is 66.9. The standard InChI is InChI=1S/C75H112N22O21/c1-9-40(8)62(97-73(117)61(39(6)7)96-69(113)52(27-42-14-18-46(100)19-15-42)91-71(115)55(34-98)87-57(102)32-83-64(108)51(26-41-12-16-45(99)17-13-41)90-63(107)47(76)20-22-56(77)101)74(118)89-48(11-10-24-82-75(78)79)66(110)93-54(29-44-31-81-36-86-44)70(114)95-60(38(4)5)72(116)94-50(25-37(2)3)68(112)88-49(21-23-58(103)104)67(111)92-53(28-43-30-80-35-85-43)65(109)84-33-59(105)106/h12-19,30-31,35-40,47-55,60-62,98-100H,9-11,20-29,32-34,76H2,1-8H3,(H2,77,101)(H,80,85)(H,81,86)(H,83,108)(H,84,109)(H,87,102)(H,88,112)(H,89,118)(H,90,107)(H,91,115)(H,92,111)(H,93,110)(H,94,116)(H,95,114)(H,96,113)(H,97,117)(H,103,104)(H,105,106)(H4,78,79,82)/t40-,47-,48-,49-,50-,51-,52-,53-,54-,55-,60-,61-,62-/m0/s1. The molecule has 0 spiro atoms. The number of nitrogens with one attached hydrogen (secondary N) is 17. The van der Waals surface area contributed by atoms with Crippen LogP contribution in [0.3, 0.4) is 0 Å². The summed E-state index contributed by atoms with van der Waals surface area (Å²) in [5, 5.41) is 92.2. The molecule has 118 heavy (non-hydrogen) atoms. The fourth-order valence-electron chi connectivity index (χ4n) is 11.7. The van der Waals surface area contributed by atoms with Crippen LogP contribution in [0.2, 0.25) is 0 Å². The van der Waals surface area contributed by atoms with E-state index in [-0.39, 0.29) is 99.6 Å². The molecule has 0 fully saturated rings. The van der Waals surface area contributed by atoms with E-state index in [1.165, 1.54) is 73.6 Å². The molecular weight excluding hydrogens is 1540 g/mol. The number of rotatable bonds is 52. The normalized spacial score (nSPS) is 14.4. The lowest BCUT2D eigenvalue weighted by Crippen LogP contribution is -2.62. The number of carbonyl (C=O) groups excluding carboxylic acids is 14. The maximum atomic E-state index is 14.9. The highest BCUT2D eigenvalue weighted by atomic mass is 16.4. The number of imidazole rings is 2. The van der Waals surface area contributed by atoms with Gasteiger partial charge in [-0.2, -0.15) is 0 Å². The van der Waals surface area contributed by atoms with E-state index in [0.717, 1.165) is 0 Å². The van der Waals surface area contributed by atoms with Crippen molar-refractivity contribution in [1.82, 2.24) is 94.4 Å². The summed E-state index contributed by atoms with van der Waals surface area (Å²) in [4.78, 5) is 232. The number of primary amides is 1. The number of hydrogen-bond acceptors (Lipinski definition) is 23. The number of aliphatic hydroxyl groups excluding tert-OH is 1. The zero-order chi connectivity index (χ0) is 88.0. The monoisotopic (exact) mass is 1660 g/mol. The molecule has 13 atom stereocenters. The van der Waals surface area contributed by atoms with Crippen molar-refractivity contribution in [2.75, 3.05) is 26.2 Å². The Kier molecular flexibility index (Phi) is 40.6. The Balaban J connectivity index is 1.59. The molecule has 0 aliphatic carbocycles. The van der Waals surface area contributed by atoms with E-state index in [1.54, 1.807) is 55.4 Å². The number of H-pyrrole nitrogens is 2. The quantitative estimate of drug-likeness (QED) is 0.0111. The molecule has 4 aromatic rings. The Morgan fingerprint density at radius 1 is 0.441 bits per heavy atom. The van der Waals surface area contributed by atoms with Crippen molar-refractivity contribution in [2.45, 2.75) is 205 Å². The number of aliphatic carboxylic acids is 2. The summed E-state index contributed by atoms with van der Waals surface area (Å²) in [6.07, 6.45) is 2.65. The second kappa shape index (κ2) is 49.2. The highest BCUT2D eigenvalue weighted by Crippen LogP contribution is 2.18. The summed E-state index contributed by atoms with van der Waals surface area (Å²) >= 11 is 0. The number of benzene rings is 2. The molecule has 43 heteroatoms. The van der Waals surface area contributed by atoms with E-state index in [0.29, 0.717) is 11.1 Å². The molecule has 0 radical (unpaired) electrons. The van der Waals surface area contributed by atoms with Crippen LogP contribution in [0.1, 0.15) is 129 Å². The van der Waals surface area contributed by atoms with E-state index in [4.69, 9.17) is 22.6 Å². The van der Waals surface area contributed by atoms with Crippen LogP contribution >= 0.6 is 0 Å². The molecule has 14 amide bonds. The number of amides is 14. The maximum absolute atomic E-state index is 14.9. The number of aromatic hydroxyl groups is 2. The third-order valence-corrected chi connectivity index (χ3v) is 18.5. The van der Waals surface area contributed by atoms with Crippen molar-refractivity contribution in [2.24, 2.45) is 40.9 Å². The van der Waals surface area contributed by atoms with Crippen LogP contribution in [0.15, 0.2) is 73.6 Å². The van der Waals surface area contributed by atoms with Crippen molar-refractivity contribution in [3.63, 3.8) is 0 Å². The molecule has 0 saturated carbocycles. The second-order valence-corrected chi connectivity index (χ2v) is 29.3. The van der Waals surface area contributed by atoms with Crippen LogP contribution in [-0.4, -0.2) is 245 Å². The highest BCUT2D eigenvalue weighted by Gasteiger charge is 2.39. The summed E-state index contributed by atoms with van der Waals surface area (Å²) in [6.45, 7) is 10.2. The number of carboxylic acid groups (broad SMARTS) is 2. The van der Waals surface area contributed by atoms with Gasteiger partial charge in [-0.05, 0) is 91.2 Å². The van der Waals surface area contributed by atoms with Crippen LogP contribution in [0.4, 0.5) is 0 Å². The summed E-state index contributed by atoms with van der Waals surface area (Å²) in [6, 6.07) is -7.25. The third kappa shape index (κ3) is 34.7. The van der Waals surface area contributed by atoms with Gasteiger partial charge in [-0.25, -0.2) is 9.97 Å². The maximum Gasteiger partial charge on any atom is 0.322 e. The first-order chi connectivity index (χ1) is 55.7. The number of aliphatic hydroxyl groups is 1. The van der Waals surface area contributed by atoms with Crippen LogP contribution in [-0.2, 0) is 102 Å². The SMILES string of the molecule is CC[C@H](C)[C@H](NC(=O)[C@@H](NC(=O)[C@H](Cc1ccc(O)cc1)NC(=O)[C@H](CO)NC(=O)CNC(=O)[C@H](Cc1ccc(O)cc1)NC(=O)[C@@H](N)CCC(N)=O)C(C)C)C(=O)N[C@@H](CCCNC(=N)N)C(=O)N[C@@H](Cc1c[nH]cn1)C(=O)N[C@H](C(=O)N[C@@H](CC(C)C)C(=O)N[C@@H](CCC(=O)O)C(=O)N[C@@H](Cc1c[nH]cn1)C(=O)NCC(=O)O)C(C)C. The summed E-state index contributed by atoms with van der Waals surface area (Å²) in [7, 11) is 0. The number of aromatic nitrogens is 4. The van der Waals surface area contributed by atoms with Crippen LogP contribution in [0.25, 0.3) is 0 Å². The molecule has 2 aromatic carbocycles. The largest absolute Gasteiger partial charge is 0.508 e. The lowest BCUT2D eigenvalue weighted by atomic mass is 9.95. The molecular formula is C75H112N22O21. The topological polar surface area (TPSA) is 702 Å². The van der Waals surface area contributed by atoms with Crippen LogP contribution in [0.5, 0.6) is 11.5 Å². The smallest absolute Gasteiger partial charge is 0.322 e. The number of phenolic OH excluding ortho intramolecular Hbond substituents is 2. The predicted octanol–water partition coefficient (Wildman–Crippen LogP) is -5.42. The third-order valence-electron chi connectivity index (χ3n) is 18.5. The molecule has 0 aliphatic rings. The molecule has 43 nitrogen and oxygen atoms in total. The number of hydrogen-bond donors (Lipinski definition) is 25. The van der Waals surface area contributed by atoms with Crippen molar-refractivity contribution in [3.05, 3.63) is 96.1 Å². The van der Waals surface area contributed by atoms with E-state index in [1.807, 2.05) is 0 Å². The first-order valence-corrected chi connectivity index (χ1v) is 38.2. The Morgan fingerprint density at radius 2 is 0.839 bits per heavy atom. The average Bonchev–Trinajstić information content (AvgIpc) is 0.951. The van der Waals surface area contributed by atoms with Crippen molar-refractivity contribution < 1.29 is 102 Å². The Hall–Kier alpha value is -12.8. The van der Waals surface area contributed by atoms with E-state index in [2.05, 4.69) is 94.4 Å². The van der Waals surface area contributed by atoms with Crippen molar-refractivity contribution >= 4 is 101 Å². The number of nitrogens with two attached hydrogens (primary N) is 3. The first-order valence-electron chi connectivity index (χ1n) is 38.2. The van der Waals surface area contributed by atoms with Gasteiger partial charge in [-0.1, -0.05) is 86.1 Å². The number of nitrogens with zero attached hydrogens (tertiary/aromatic N) is 2. The Labute approximate surface area is 679 Å². The molecule has 0 aliphatic heterocycles. The first kappa shape index (κ1) is 97.5. The van der Waals surface area contributed by atoms with Crippen LogP contribution < -0.4 is 91.6 Å². The van der Waals surface area contributed by atoms with Gasteiger partial charge in [0.25, 0.3) is 0 Å². The van der Waals surface area contributed by atoms with E-state index >= 15 is 0 Å². The Morgan fingerprint density at radius 3 is 1.28 bits per heavy atom.